The minimum atomic E-state index is -0.0519. The minimum absolute atomic E-state index is 0.0519. The summed E-state index contributed by atoms with van der Waals surface area (Å²) in [7, 11) is 3.13. The van der Waals surface area contributed by atoms with E-state index in [4.69, 9.17) is 15.2 Å². The smallest absolute Gasteiger partial charge is 0.164 e. The average Bonchev–Trinajstić information content (AvgIpc) is 3.09. The van der Waals surface area contributed by atoms with Gasteiger partial charge in [-0.15, -0.1) is 0 Å². The molecule has 1 saturated carbocycles. The Bertz CT molecular complexity index is 399. The van der Waals surface area contributed by atoms with Crippen molar-refractivity contribution in [1.82, 2.24) is 0 Å². The molecule has 88 valence electrons. The van der Waals surface area contributed by atoms with Gasteiger partial charge in [-0.2, -0.15) is 0 Å². The maximum Gasteiger partial charge on any atom is 0.164 e. The molecule has 0 atom stereocenters. The van der Waals surface area contributed by atoms with E-state index >= 15 is 0 Å². The highest BCUT2D eigenvalue weighted by atomic mass is 16.5. The van der Waals surface area contributed by atoms with Crippen molar-refractivity contribution in [2.45, 2.75) is 18.3 Å². The maximum atomic E-state index is 9.96. The first kappa shape index (κ1) is 11.1. The second kappa shape index (κ2) is 3.87. The van der Waals surface area contributed by atoms with Crippen LogP contribution in [0, 0.1) is 0 Å². The van der Waals surface area contributed by atoms with Crippen LogP contribution in [0.3, 0.4) is 0 Å². The van der Waals surface area contributed by atoms with E-state index in [9.17, 15) is 5.11 Å². The van der Waals surface area contributed by atoms with Crippen LogP contribution in [0.25, 0.3) is 0 Å². The summed E-state index contributed by atoms with van der Waals surface area (Å²) >= 11 is 0. The Labute approximate surface area is 95.0 Å². The van der Waals surface area contributed by atoms with Crippen molar-refractivity contribution in [3.63, 3.8) is 0 Å². The molecule has 0 heterocycles. The second-order valence-corrected chi connectivity index (χ2v) is 4.21. The van der Waals surface area contributed by atoms with Gasteiger partial charge in [0, 0.05) is 23.6 Å². The zero-order chi connectivity index (χ0) is 11.8. The molecule has 0 radical (unpaired) electrons. The highest BCUT2D eigenvalue weighted by molar-refractivity contribution is 5.54. The molecule has 2 rings (SSSR count). The van der Waals surface area contributed by atoms with Gasteiger partial charge >= 0.3 is 0 Å². The van der Waals surface area contributed by atoms with Gasteiger partial charge in [-0.25, -0.2) is 0 Å². The van der Waals surface area contributed by atoms with Crippen molar-refractivity contribution < 1.29 is 14.6 Å². The maximum absolute atomic E-state index is 9.96. The predicted octanol–water partition coefficient (Wildman–Crippen LogP) is 1.40. The van der Waals surface area contributed by atoms with Gasteiger partial charge < -0.3 is 20.3 Å². The molecule has 1 fully saturated rings. The minimum Gasteiger partial charge on any atom is -0.508 e. The average molecular weight is 223 g/mol. The van der Waals surface area contributed by atoms with E-state index in [1.807, 2.05) is 6.07 Å². The number of phenols is 1. The molecule has 1 aliphatic rings. The van der Waals surface area contributed by atoms with E-state index in [-0.39, 0.29) is 11.2 Å². The van der Waals surface area contributed by atoms with Gasteiger partial charge in [0.25, 0.3) is 0 Å². The molecular weight excluding hydrogens is 206 g/mol. The third-order valence-electron chi connectivity index (χ3n) is 3.32. The number of hydrogen-bond donors (Lipinski definition) is 2. The number of phenolic OH excluding ortho intramolecular Hbond substituents is 1. The third kappa shape index (κ3) is 1.59. The fourth-order valence-corrected chi connectivity index (χ4v) is 2.03. The van der Waals surface area contributed by atoms with Crippen LogP contribution in [0.5, 0.6) is 17.2 Å². The lowest BCUT2D eigenvalue weighted by molar-refractivity contribution is 0.349. The van der Waals surface area contributed by atoms with E-state index in [1.165, 1.54) is 0 Å². The Morgan fingerprint density at radius 1 is 1.25 bits per heavy atom. The molecule has 0 bridgehead atoms. The van der Waals surface area contributed by atoms with Crippen LogP contribution in [-0.2, 0) is 5.41 Å². The Balaban J connectivity index is 2.47. The van der Waals surface area contributed by atoms with E-state index in [0.717, 1.165) is 18.4 Å². The molecule has 0 aliphatic heterocycles. The van der Waals surface area contributed by atoms with Gasteiger partial charge in [0.1, 0.15) is 5.75 Å². The SMILES string of the molecule is COc1cc(O)c(C2(CN)CC2)cc1OC. The number of rotatable bonds is 4. The largest absolute Gasteiger partial charge is 0.508 e. The molecule has 1 aromatic carbocycles. The second-order valence-electron chi connectivity index (χ2n) is 4.21. The highest BCUT2D eigenvalue weighted by Gasteiger charge is 2.45. The molecular formula is C12H17NO3. The lowest BCUT2D eigenvalue weighted by Crippen LogP contribution is -2.19. The summed E-state index contributed by atoms with van der Waals surface area (Å²) in [5.41, 5.74) is 6.56. The van der Waals surface area contributed by atoms with Crippen LogP contribution >= 0.6 is 0 Å². The predicted molar refractivity (Wildman–Crippen MR) is 61.2 cm³/mol. The quantitative estimate of drug-likeness (QED) is 0.809. The van der Waals surface area contributed by atoms with Gasteiger partial charge in [-0.1, -0.05) is 0 Å². The number of nitrogens with two attached hydrogens (primary N) is 1. The molecule has 0 amide bonds. The van der Waals surface area contributed by atoms with Crippen LogP contribution in [0.1, 0.15) is 18.4 Å². The number of ether oxygens (including phenoxy) is 2. The molecule has 0 unspecified atom stereocenters. The molecule has 3 N–H and O–H groups in total. The zero-order valence-corrected chi connectivity index (χ0v) is 9.62. The standard InChI is InChI=1S/C12H17NO3/c1-15-10-5-8(12(7-13)3-4-12)9(14)6-11(10)16-2/h5-6,14H,3-4,7,13H2,1-2H3. The lowest BCUT2D eigenvalue weighted by atomic mass is 9.94. The van der Waals surface area contributed by atoms with E-state index < -0.39 is 0 Å². The van der Waals surface area contributed by atoms with Crippen molar-refractivity contribution in [2.75, 3.05) is 20.8 Å². The van der Waals surface area contributed by atoms with Crippen LogP contribution in [-0.4, -0.2) is 25.9 Å². The molecule has 1 aliphatic carbocycles. The number of benzene rings is 1. The fraction of sp³-hybridized carbons (Fsp3) is 0.500. The zero-order valence-electron chi connectivity index (χ0n) is 9.62. The Hall–Kier alpha value is -1.42. The summed E-state index contributed by atoms with van der Waals surface area (Å²) in [6.07, 6.45) is 2.04. The number of methoxy groups -OCH3 is 2. The summed E-state index contributed by atoms with van der Waals surface area (Å²) in [5.74, 6) is 1.41. The molecule has 1 aromatic rings. The number of hydrogen-bond acceptors (Lipinski definition) is 4. The summed E-state index contributed by atoms with van der Waals surface area (Å²) < 4.78 is 10.3. The lowest BCUT2D eigenvalue weighted by Gasteiger charge is -2.17. The van der Waals surface area contributed by atoms with E-state index in [1.54, 1.807) is 20.3 Å². The van der Waals surface area contributed by atoms with E-state index in [2.05, 4.69) is 0 Å². The third-order valence-corrected chi connectivity index (χ3v) is 3.32. The van der Waals surface area contributed by atoms with Gasteiger partial charge in [0.2, 0.25) is 0 Å². The fourth-order valence-electron chi connectivity index (χ4n) is 2.03. The van der Waals surface area contributed by atoms with Crippen LogP contribution in [0.4, 0.5) is 0 Å². The van der Waals surface area contributed by atoms with E-state index in [0.29, 0.717) is 18.0 Å². The summed E-state index contributed by atoms with van der Waals surface area (Å²) in [6, 6.07) is 3.41. The summed E-state index contributed by atoms with van der Waals surface area (Å²) in [6.45, 7) is 0.552. The first-order valence-corrected chi connectivity index (χ1v) is 5.32. The van der Waals surface area contributed by atoms with Crippen LogP contribution < -0.4 is 15.2 Å². The molecule has 0 aromatic heterocycles. The first-order chi connectivity index (χ1) is 7.66. The summed E-state index contributed by atoms with van der Waals surface area (Å²) in [4.78, 5) is 0. The summed E-state index contributed by atoms with van der Waals surface area (Å²) in [5, 5.41) is 9.96. The molecule has 16 heavy (non-hydrogen) atoms. The van der Waals surface area contributed by atoms with Gasteiger partial charge in [-0.05, 0) is 18.9 Å². The van der Waals surface area contributed by atoms with Gasteiger partial charge in [-0.3, -0.25) is 0 Å². The Morgan fingerprint density at radius 3 is 2.25 bits per heavy atom. The normalized spacial score (nSPS) is 16.9. The van der Waals surface area contributed by atoms with Gasteiger partial charge in [0.05, 0.1) is 14.2 Å². The van der Waals surface area contributed by atoms with Gasteiger partial charge in [0.15, 0.2) is 11.5 Å². The molecule has 4 nitrogen and oxygen atoms in total. The monoisotopic (exact) mass is 223 g/mol. The molecule has 4 heteroatoms. The van der Waals surface area contributed by atoms with Crippen molar-refractivity contribution in [3.8, 4) is 17.2 Å². The highest BCUT2D eigenvalue weighted by Crippen LogP contribution is 2.52. The Kier molecular flexibility index (Phi) is 2.68. The Morgan fingerprint density at radius 2 is 1.81 bits per heavy atom. The topological polar surface area (TPSA) is 64.7 Å². The number of aromatic hydroxyl groups is 1. The molecule has 0 saturated heterocycles. The van der Waals surface area contributed by atoms with Crippen LogP contribution in [0.15, 0.2) is 12.1 Å². The molecule has 0 spiro atoms. The van der Waals surface area contributed by atoms with Crippen molar-refractivity contribution in [3.05, 3.63) is 17.7 Å². The van der Waals surface area contributed by atoms with Crippen LogP contribution in [0.2, 0.25) is 0 Å². The van der Waals surface area contributed by atoms with Crippen molar-refractivity contribution in [2.24, 2.45) is 5.73 Å². The van der Waals surface area contributed by atoms with Crippen molar-refractivity contribution >= 4 is 0 Å². The first-order valence-electron chi connectivity index (χ1n) is 5.32. The van der Waals surface area contributed by atoms with Crippen molar-refractivity contribution in [1.29, 1.82) is 0 Å².